The summed E-state index contributed by atoms with van der Waals surface area (Å²) in [6, 6.07) is 14.6. The minimum atomic E-state index is -0.350. The van der Waals surface area contributed by atoms with Gasteiger partial charge in [-0.25, -0.2) is 4.79 Å². The standard InChI is InChI=1S/C18H14N2O2/c1-11-15-9-13(10-19)5-6-17(15)22-18(21)16(11)8-12-3-2-4-14(20)7-12/h2-7,9H,8,20H2,1H3. The van der Waals surface area contributed by atoms with Gasteiger partial charge in [0.15, 0.2) is 0 Å². The number of hydrogen-bond donors (Lipinski definition) is 1. The molecule has 0 fully saturated rings. The topological polar surface area (TPSA) is 80.0 Å². The molecule has 0 saturated carbocycles. The molecule has 0 spiro atoms. The zero-order valence-corrected chi connectivity index (χ0v) is 12.1. The van der Waals surface area contributed by atoms with Crippen molar-refractivity contribution in [1.82, 2.24) is 0 Å². The summed E-state index contributed by atoms with van der Waals surface area (Å²) >= 11 is 0. The molecule has 108 valence electrons. The van der Waals surface area contributed by atoms with Crippen LogP contribution >= 0.6 is 0 Å². The van der Waals surface area contributed by atoms with Gasteiger partial charge in [0.1, 0.15) is 5.58 Å². The summed E-state index contributed by atoms with van der Waals surface area (Å²) in [5.41, 5.74) is 9.51. The summed E-state index contributed by atoms with van der Waals surface area (Å²) < 4.78 is 5.38. The second kappa shape index (κ2) is 5.38. The number of anilines is 1. The lowest BCUT2D eigenvalue weighted by Gasteiger charge is -2.08. The number of aryl methyl sites for hydroxylation is 1. The fourth-order valence-electron chi connectivity index (χ4n) is 2.57. The van der Waals surface area contributed by atoms with Crippen molar-refractivity contribution in [2.24, 2.45) is 0 Å². The quantitative estimate of drug-likeness (QED) is 0.580. The third kappa shape index (κ3) is 2.45. The van der Waals surface area contributed by atoms with E-state index in [2.05, 4.69) is 6.07 Å². The number of nitriles is 1. The zero-order valence-electron chi connectivity index (χ0n) is 12.1. The highest BCUT2D eigenvalue weighted by atomic mass is 16.4. The lowest BCUT2D eigenvalue weighted by Crippen LogP contribution is -2.11. The third-order valence-electron chi connectivity index (χ3n) is 3.75. The average Bonchev–Trinajstić information content (AvgIpc) is 2.51. The molecule has 0 aliphatic heterocycles. The van der Waals surface area contributed by atoms with E-state index in [1.54, 1.807) is 24.3 Å². The molecule has 1 aromatic heterocycles. The summed E-state index contributed by atoms with van der Waals surface area (Å²) in [4.78, 5) is 12.2. The van der Waals surface area contributed by atoms with Gasteiger partial charge in [-0.15, -0.1) is 0 Å². The summed E-state index contributed by atoms with van der Waals surface area (Å²) in [5, 5.41) is 9.81. The van der Waals surface area contributed by atoms with E-state index in [9.17, 15) is 4.79 Å². The van der Waals surface area contributed by atoms with Crippen LogP contribution in [0.1, 0.15) is 22.3 Å². The van der Waals surface area contributed by atoms with Crippen LogP contribution in [0.25, 0.3) is 11.0 Å². The number of nitrogens with zero attached hydrogens (tertiary/aromatic N) is 1. The SMILES string of the molecule is Cc1c(Cc2cccc(N)c2)c(=O)oc2ccc(C#N)cc12. The van der Waals surface area contributed by atoms with Crippen LogP contribution in [-0.2, 0) is 6.42 Å². The second-order valence-corrected chi connectivity index (χ2v) is 5.24. The Labute approximate surface area is 127 Å². The van der Waals surface area contributed by atoms with Gasteiger partial charge >= 0.3 is 5.63 Å². The third-order valence-corrected chi connectivity index (χ3v) is 3.75. The lowest BCUT2D eigenvalue weighted by atomic mass is 9.98. The van der Waals surface area contributed by atoms with E-state index in [0.29, 0.717) is 28.8 Å². The highest BCUT2D eigenvalue weighted by molar-refractivity contribution is 5.82. The molecule has 0 atom stereocenters. The smallest absolute Gasteiger partial charge is 0.340 e. The van der Waals surface area contributed by atoms with Crippen LogP contribution in [0.15, 0.2) is 51.7 Å². The average molecular weight is 290 g/mol. The predicted molar refractivity (Wildman–Crippen MR) is 85.6 cm³/mol. The summed E-state index contributed by atoms with van der Waals surface area (Å²) in [6.07, 6.45) is 0.450. The molecule has 0 bridgehead atoms. The molecule has 22 heavy (non-hydrogen) atoms. The Kier molecular flexibility index (Phi) is 3.40. The van der Waals surface area contributed by atoms with Crippen molar-refractivity contribution >= 4 is 16.7 Å². The number of nitrogens with two attached hydrogens (primary N) is 1. The van der Waals surface area contributed by atoms with Crippen LogP contribution in [0.5, 0.6) is 0 Å². The second-order valence-electron chi connectivity index (χ2n) is 5.24. The van der Waals surface area contributed by atoms with E-state index < -0.39 is 0 Å². The van der Waals surface area contributed by atoms with Gasteiger partial charge in [0.25, 0.3) is 0 Å². The van der Waals surface area contributed by atoms with E-state index in [1.165, 1.54) is 0 Å². The Hall–Kier alpha value is -3.06. The molecule has 1 heterocycles. The molecular weight excluding hydrogens is 276 g/mol. The van der Waals surface area contributed by atoms with Gasteiger partial charge < -0.3 is 10.2 Å². The molecule has 0 unspecified atom stereocenters. The maximum atomic E-state index is 12.2. The number of hydrogen-bond acceptors (Lipinski definition) is 4. The highest BCUT2D eigenvalue weighted by Gasteiger charge is 2.12. The number of nitrogen functional groups attached to an aromatic ring is 1. The van der Waals surface area contributed by atoms with Gasteiger partial charge in [-0.2, -0.15) is 5.26 Å². The number of fused-ring (bicyclic) bond motifs is 1. The fraction of sp³-hybridized carbons (Fsp3) is 0.111. The van der Waals surface area contributed by atoms with Gasteiger partial charge in [-0.05, 0) is 48.4 Å². The first-order valence-electron chi connectivity index (χ1n) is 6.89. The summed E-state index contributed by atoms with van der Waals surface area (Å²) in [5.74, 6) is 0. The van der Waals surface area contributed by atoms with E-state index in [-0.39, 0.29) is 5.63 Å². The van der Waals surface area contributed by atoms with Crippen molar-refractivity contribution in [3.8, 4) is 6.07 Å². The largest absolute Gasteiger partial charge is 0.423 e. The van der Waals surface area contributed by atoms with Crippen LogP contribution < -0.4 is 11.4 Å². The number of rotatable bonds is 2. The molecule has 3 aromatic rings. The Morgan fingerprint density at radius 1 is 1.23 bits per heavy atom. The molecule has 4 heteroatoms. The molecular formula is C18H14N2O2. The normalized spacial score (nSPS) is 10.5. The monoisotopic (exact) mass is 290 g/mol. The van der Waals surface area contributed by atoms with E-state index in [4.69, 9.17) is 15.4 Å². The first-order valence-corrected chi connectivity index (χ1v) is 6.89. The molecule has 2 N–H and O–H groups in total. The van der Waals surface area contributed by atoms with Gasteiger partial charge in [0.05, 0.1) is 11.6 Å². The maximum Gasteiger partial charge on any atom is 0.340 e. The fourth-order valence-corrected chi connectivity index (χ4v) is 2.57. The Morgan fingerprint density at radius 2 is 2.05 bits per heavy atom. The predicted octanol–water partition coefficient (Wildman–Crippen LogP) is 3.15. The minimum Gasteiger partial charge on any atom is -0.423 e. The van der Waals surface area contributed by atoms with E-state index >= 15 is 0 Å². The van der Waals surface area contributed by atoms with Crippen LogP contribution in [0.4, 0.5) is 5.69 Å². The van der Waals surface area contributed by atoms with Crippen molar-refractivity contribution in [2.45, 2.75) is 13.3 Å². The molecule has 0 aliphatic rings. The molecule has 0 radical (unpaired) electrons. The number of benzene rings is 2. The van der Waals surface area contributed by atoms with Crippen LogP contribution in [-0.4, -0.2) is 0 Å². The van der Waals surface area contributed by atoms with Crippen molar-refractivity contribution in [2.75, 3.05) is 5.73 Å². The van der Waals surface area contributed by atoms with E-state index in [0.717, 1.165) is 16.5 Å². The molecule has 0 saturated heterocycles. The van der Waals surface area contributed by atoms with Gasteiger partial charge in [0.2, 0.25) is 0 Å². The molecule has 2 aromatic carbocycles. The van der Waals surface area contributed by atoms with Crippen LogP contribution in [0, 0.1) is 18.3 Å². The maximum absolute atomic E-state index is 12.2. The Bertz CT molecular complexity index is 965. The van der Waals surface area contributed by atoms with Gasteiger partial charge in [0, 0.05) is 23.1 Å². The highest BCUT2D eigenvalue weighted by Crippen LogP contribution is 2.22. The summed E-state index contributed by atoms with van der Waals surface area (Å²) in [7, 11) is 0. The minimum absolute atomic E-state index is 0.350. The molecule has 3 rings (SSSR count). The Morgan fingerprint density at radius 3 is 2.77 bits per heavy atom. The van der Waals surface area contributed by atoms with Crippen LogP contribution in [0.3, 0.4) is 0 Å². The zero-order chi connectivity index (χ0) is 15.7. The van der Waals surface area contributed by atoms with Crippen molar-refractivity contribution in [1.29, 1.82) is 5.26 Å². The first kappa shape index (κ1) is 13.9. The molecule has 4 nitrogen and oxygen atoms in total. The molecule has 0 aliphatic carbocycles. The lowest BCUT2D eigenvalue weighted by molar-refractivity contribution is 0.551. The van der Waals surface area contributed by atoms with Crippen molar-refractivity contribution < 1.29 is 4.42 Å². The van der Waals surface area contributed by atoms with Crippen molar-refractivity contribution in [3.05, 3.63) is 75.1 Å². The van der Waals surface area contributed by atoms with Gasteiger partial charge in [-0.1, -0.05) is 12.1 Å². The first-order chi connectivity index (χ1) is 10.6. The van der Waals surface area contributed by atoms with Gasteiger partial charge in [-0.3, -0.25) is 0 Å². The van der Waals surface area contributed by atoms with Crippen molar-refractivity contribution in [3.63, 3.8) is 0 Å². The molecule has 0 amide bonds. The Balaban J connectivity index is 2.17. The summed E-state index contributed by atoms with van der Waals surface area (Å²) in [6.45, 7) is 1.88. The van der Waals surface area contributed by atoms with Crippen LogP contribution in [0.2, 0.25) is 0 Å². The van der Waals surface area contributed by atoms with E-state index in [1.807, 2.05) is 25.1 Å².